The van der Waals surface area contributed by atoms with Crippen LogP contribution in [0.4, 0.5) is 16.2 Å². The summed E-state index contributed by atoms with van der Waals surface area (Å²) in [5, 5.41) is 9.96. The van der Waals surface area contributed by atoms with Crippen LogP contribution in [0.1, 0.15) is 17.7 Å². The Kier molecular flexibility index (Phi) is 7.82. The largest absolute Gasteiger partial charge is 0.378 e. The third-order valence-corrected chi connectivity index (χ3v) is 6.26. The fourth-order valence-corrected chi connectivity index (χ4v) is 4.43. The second-order valence-electron chi connectivity index (χ2n) is 9.30. The van der Waals surface area contributed by atoms with Gasteiger partial charge in [-0.3, -0.25) is 14.7 Å². The molecule has 0 bridgehead atoms. The van der Waals surface area contributed by atoms with Crippen molar-refractivity contribution in [2.45, 2.75) is 25.8 Å². The van der Waals surface area contributed by atoms with Gasteiger partial charge in [0.15, 0.2) is 0 Å². The lowest BCUT2D eigenvalue weighted by Gasteiger charge is -2.17. The highest BCUT2D eigenvalue weighted by atomic mass is 16.2. The fraction of sp³-hybridized carbons (Fsp3) is 0.370. The first-order chi connectivity index (χ1) is 16.9. The summed E-state index contributed by atoms with van der Waals surface area (Å²) < 4.78 is 0. The average molecular weight is 475 g/mol. The molecule has 1 aromatic heterocycles. The number of hydrogen-bond donors (Lipinski definition) is 3. The normalized spacial score (nSPS) is 15.7. The third-order valence-electron chi connectivity index (χ3n) is 6.26. The second-order valence-corrected chi connectivity index (χ2v) is 9.30. The van der Waals surface area contributed by atoms with E-state index in [0.29, 0.717) is 13.0 Å². The van der Waals surface area contributed by atoms with Crippen LogP contribution in [0.25, 0.3) is 10.9 Å². The van der Waals surface area contributed by atoms with Gasteiger partial charge in [0.25, 0.3) is 0 Å². The smallest absolute Gasteiger partial charge is 0.319 e. The molecule has 0 spiro atoms. The van der Waals surface area contributed by atoms with Gasteiger partial charge in [0.2, 0.25) is 5.91 Å². The first kappa shape index (κ1) is 24.5. The zero-order valence-electron chi connectivity index (χ0n) is 20.7. The molecular weight excluding hydrogens is 440 g/mol. The minimum atomic E-state index is -0.231. The van der Waals surface area contributed by atoms with Gasteiger partial charge in [0.1, 0.15) is 0 Å². The molecular formula is C27H34N6O2. The van der Waals surface area contributed by atoms with E-state index in [1.807, 2.05) is 80.5 Å². The Morgan fingerprint density at radius 2 is 1.89 bits per heavy atom. The maximum Gasteiger partial charge on any atom is 0.319 e. The average Bonchev–Trinajstić information content (AvgIpc) is 3.26. The molecule has 3 aromatic rings. The zero-order chi connectivity index (χ0) is 24.8. The Hall–Kier alpha value is -3.65. The standard InChI is InChI=1S/C27H34N6O2/c1-19-16-25(23-6-4-5-7-24(23)29-19)31-27(35)28-13-15-33-14-12-21(18-33)30-26(34)17-20-8-10-22(11-9-20)32(2)3/h4-11,16,21H,12-15,17-18H2,1-3H3,(H,30,34)(H2,28,29,31,35). The molecule has 8 heteroatoms. The Balaban J connectivity index is 1.18. The van der Waals surface area contributed by atoms with Crippen LogP contribution < -0.4 is 20.9 Å². The molecule has 1 atom stereocenters. The van der Waals surface area contributed by atoms with Crippen molar-refractivity contribution in [3.8, 4) is 0 Å². The van der Waals surface area contributed by atoms with Gasteiger partial charge in [-0.25, -0.2) is 4.79 Å². The van der Waals surface area contributed by atoms with Gasteiger partial charge < -0.3 is 20.9 Å². The monoisotopic (exact) mass is 474 g/mol. The summed E-state index contributed by atoms with van der Waals surface area (Å²) in [5.74, 6) is 0.0480. The number of carbonyl (C=O) groups is 2. The number of rotatable bonds is 8. The van der Waals surface area contributed by atoms with E-state index in [2.05, 4.69) is 25.8 Å². The maximum atomic E-state index is 12.5. The van der Waals surface area contributed by atoms with Gasteiger partial charge in [0, 0.05) is 63.1 Å². The van der Waals surface area contributed by atoms with Crippen molar-refractivity contribution in [2.75, 3.05) is 50.5 Å². The van der Waals surface area contributed by atoms with Crippen LogP contribution in [0.15, 0.2) is 54.6 Å². The van der Waals surface area contributed by atoms with Crippen molar-refractivity contribution >= 4 is 34.2 Å². The van der Waals surface area contributed by atoms with E-state index in [-0.39, 0.29) is 18.0 Å². The van der Waals surface area contributed by atoms with Crippen molar-refractivity contribution in [1.29, 1.82) is 0 Å². The number of hydrogen-bond acceptors (Lipinski definition) is 5. The highest BCUT2D eigenvalue weighted by Crippen LogP contribution is 2.22. The highest BCUT2D eigenvalue weighted by Gasteiger charge is 2.23. The van der Waals surface area contributed by atoms with Crippen LogP contribution in [-0.4, -0.2) is 68.1 Å². The molecule has 4 rings (SSSR count). The number of amides is 3. The Bertz CT molecular complexity index is 1180. The third kappa shape index (κ3) is 6.70. The summed E-state index contributed by atoms with van der Waals surface area (Å²) in [4.78, 5) is 33.8. The van der Waals surface area contributed by atoms with E-state index in [9.17, 15) is 9.59 Å². The van der Waals surface area contributed by atoms with Gasteiger partial charge in [-0.05, 0) is 43.2 Å². The Morgan fingerprint density at radius 3 is 2.66 bits per heavy atom. The molecule has 184 valence electrons. The molecule has 1 unspecified atom stereocenters. The number of nitrogens with one attached hydrogen (secondary N) is 3. The maximum absolute atomic E-state index is 12.5. The number of anilines is 2. The Labute approximate surface area is 206 Å². The molecule has 3 amide bonds. The quantitative estimate of drug-likeness (QED) is 0.467. The first-order valence-electron chi connectivity index (χ1n) is 12.1. The predicted octanol–water partition coefficient (Wildman–Crippen LogP) is 3.16. The molecule has 3 N–H and O–H groups in total. The van der Waals surface area contributed by atoms with E-state index in [0.717, 1.165) is 59.6 Å². The summed E-state index contributed by atoms with van der Waals surface area (Å²) in [6.45, 7) is 4.89. The van der Waals surface area contributed by atoms with Crippen molar-refractivity contribution < 1.29 is 9.59 Å². The lowest BCUT2D eigenvalue weighted by molar-refractivity contribution is -0.121. The lowest BCUT2D eigenvalue weighted by atomic mass is 10.1. The summed E-state index contributed by atoms with van der Waals surface area (Å²) >= 11 is 0. The Morgan fingerprint density at radius 1 is 1.11 bits per heavy atom. The number of nitrogens with zero attached hydrogens (tertiary/aromatic N) is 3. The van der Waals surface area contributed by atoms with Gasteiger partial charge in [-0.15, -0.1) is 0 Å². The van der Waals surface area contributed by atoms with Gasteiger partial charge >= 0.3 is 6.03 Å². The van der Waals surface area contributed by atoms with Crippen LogP contribution >= 0.6 is 0 Å². The van der Waals surface area contributed by atoms with Crippen LogP contribution in [0.5, 0.6) is 0 Å². The summed E-state index contributed by atoms with van der Waals surface area (Å²) in [6, 6.07) is 17.6. The van der Waals surface area contributed by atoms with Gasteiger partial charge in [-0.1, -0.05) is 30.3 Å². The second kappa shape index (κ2) is 11.2. The van der Waals surface area contributed by atoms with E-state index in [4.69, 9.17) is 0 Å². The van der Waals surface area contributed by atoms with Crippen molar-refractivity contribution in [3.05, 3.63) is 65.9 Å². The molecule has 0 aliphatic carbocycles. The van der Waals surface area contributed by atoms with E-state index in [1.165, 1.54) is 0 Å². The number of fused-ring (bicyclic) bond motifs is 1. The SMILES string of the molecule is Cc1cc(NC(=O)NCCN2CCC(NC(=O)Cc3ccc(N(C)C)cc3)C2)c2ccccc2n1. The van der Waals surface area contributed by atoms with E-state index < -0.39 is 0 Å². The molecule has 1 aliphatic heterocycles. The number of aryl methyl sites for hydroxylation is 1. The highest BCUT2D eigenvalue weighted by molar-refractivity contribution is 6.00. The number of benzene rings is 2. The fourth-order valence-electron chi connectivity index (χ4n) is 4.43. The summed E-state index contributed by atoms with van der Waals surface area (Å²) in [7, 11) is 4.00. The van der Waals surface area contributed by atoms with Crippen LogP contribution in [0.3, 0.4) is 0 Å². The zero-order valence-corrected chi connectivity index (χ0v) is 20.7. The molecule has 0 saturated carbocycles. The van der Waals surface area contributed by atoms with E-state index in [1.54, 1.807) is 0 Å². The van der Waals surface area contributed by atoms with Crippen molar-refractivity contribution in [2.24, 2.45) is 0 Å². The topological polar surface area (TPSA) is 89.6 Å². The molecule has 1 fully saturated rings. The molecule has 2 heterocycles. The number of carbonyl (C=O) groups excluding carboxylic acids is 2. The molecule has 8 nitrogen and oxygen atoms in total. The minimum absolute atomic E-state index is 0.0480. The van der Waals surface area contributed by atoms with Crippen LogP contribution in [0.2, 0.25) is 0 Å². The van der Waals surface area contributed by atoms with Crippen molar-refractivity contribution in [1.82, 2.24) is 20.5 Å². The van der Waals surface area contributed by atoms with Crippen molar-refractivity contribution in [3.63, 3.8) is 0 Å². The predicted molar refractivity (Wildman–Crippen MR) is 141 cm³/mol. The molecule has 1 saturated heterocycles. The number of pyridine rings is 1. The van der Waals surface area contributed by atoms with Gasteiger partial charge in [0.05, 0.1) is 17.6 Å². The number of likely N-dealkylation sites (tertiary alicyclic amines) is 1. The van der Waals surface area contributed by atoms with Crippen LogP contribution in [-0.2, 0) is 11.2 Å². The van der Waals surface area contributed by atoms with E-state index >= 15 is 0 Å². The minimum Gasteiger partial charge on any atom is -0.378 e. The number of aromatic nitrogens is 1. The molecule has 35 heavy (non-hydrogen) atoms. The number of para-hydroxylation sites is 1. The molecule has 1 aliphatic rings. The van der Waals surface area contributed by atoms with Gasteiger partial charge in [-0.2, -0.15) is 0 Å². The summed E-state index contributed by atoms with van der Waals surface area (Å²) in [6.07, 6.45) is 1.30. The molecule has 0 radical (unpaired) electrons. The molecule has 2 aromatic carbocycles. The summed E-state index contributed by atoms with van der Waals surface area (Å²) in [5.41, 5.74) is 4.60. The van der Waals surface area contributed by atoms with Crippen LogP contribution in [0, 0.1) is 6.92 Å². The first-order valence-corrected chi connectivity index (χ1v) is 12.1. The number of urea groups is 1. The lowest BCUT2D eigenvalue weighted by Crippen LogP contribution is -2.40.